The average Bonchev–Trinajstić information content (AvgIpc) is 2.38. The molecule has 98 valence electrons. The molecule has 0 amide bonds. The molecule has 2 atom stereocenters. The first kappa shape index (κ1) is 13.1. The van der Waals surface area contributed by atoms with Crippen molar-refractivity contribution in [2.75, 3.05) is 20.2 Å². The van der Waals surface area contributed by atoms with E-state index in [9.17, 15) is 4.79 Å². The second-order valence-corrected chi connectivity index (χ2v) is 4.64. The molecule has 0 N–H and O–H groups in total. The molecule has 1 aliphatic heterocycles. The molecule has 0 unspecified atom stereocenters. The molecule has 0 spiro atoms. The van der Waals surface area contributed by atoms with Crippen LogP contribution in [0, 0.1) is 0 Å². The zero-order chi connectivity index (χ0) is 13.0. The number of hydrogen-bond donors (Lipinski definition) is 0. The smallest absolute Gasteiger partial charge is 0.336 e. The van der Waals surface area contributed by atoms with Crippen molar-refractivity contribution >= 4 is 5.97 Å². The molecule has 1 fully saturated rings. The maximum Gasteiger partial charge on any atom is 0.336 e. The van der Waals surface area contributed by atoms with Gasteiger partial charge < -0.3 is 9.47 Å². The number of ether oxygens (including phenoxy) is 2. The molecular formula is C14H19NO3. The van der Waals surface area contributed by atoms with Gasteiger partial charge in [0, 0.05) is 19.6 Å². The lowest BCUT2D eigenvalue weighted by molar-refractivity contribution is -0.166. The Morgan fingerprint density at radius 1 is 1.39 bits per heavy atom. The fourth-order valence-corrected chi connectivity index (χ4v) is 2.27. The Morgan fingerprint density at radius 2 is 2.11 bits per heavy atom. The van der Waals surface area contributed by atoms with Gasteiger partial charge in [0.2, 0.25) is 0 Å². The number of methoxy groups -OCH3 is 1. The Morgan fingerprint density at radius 3 is 2.78 bits per heavy atom. The molecule has 1 aliphatic rings. The van der Waals surface area contributed by atoms with Crippen molar-refractivity contribution in [1.29, 1.82) is 0 Å². The Kier molecular flexibility index (Phi) is 4.33. The van der Waals surface area contributed by atoms with Crippen LogP contribution in [0.5, 0.6) is 0 Å². The molecule has 0 aromatic heterocycles. The van der Waals surface area contributed by atoms with Crippen LogP contribution in [0.3, 0.4) is 0 Å². The fraction of sp³-hybridized carbons (Fsp3) is 0.500. The first-order valence-electron chi connectivity index (χ1n) is 6.18. The van der Waals surface area contributed by atoms with Gasteiger partial charge in [-0.25, -0.2) is 4.79 Å². The highest BCUT2D eigenvalue weighted by Crippen LogP contribution is 2.15. The van der Waals surface area contributed by atoms with E-state index in [4.69, 9.17) is 9.47 Å². The Bertz CT molecular complexity index is 393. The minimum absolute atomic E-state index is 0.0477. The number of nitrogens with zero attached hydrogens (tertiary/aromatic N) is 1. The first-order valence-corrected chi connectivity index (χ1v) is 6.18. The minimum atomic E-state index is -0.470. The van der Waals surface area contributed by atoms with Crippen molar-refractivity contribution in [3.63, 3.8) is 0 Å². The monoisotopic (exact) mass is 249 g/mol. The van der Waals surface area contributed by atoms with E-state index in [-0.39, 0.29) is 12.1 Å². The molecule has 0 bridgehead atoms. The summed E-state index contributed by atoms with van der Waals surface area (Å²) in [6.07, 6.45) is -0.422. The van der Waals surface area contributed by atoms with E-state index in [0.29, 0.717) is 6.54 Å². The molecule has 1 heterocycles. The predicted octanol–water partition coefficient (Wildman–Crippen LogP) is 1.45. The van der Waals surface area contributed by atoms with Gasteiger partial charge in [-0.15, -0.1) is 0 Å². The van der Waals surface area contributed by atoms with Crippen LogP contribution in [0.4, 0.5) is 0 Å². The van der Waals surface area contributed by atoms with Crippen LogP contribution in [0.1, 0.15) is 12.5 Å². The lowest BCUT2D eigenvalue weighted by atomic mass is 10.1. The Balaban J connectivity index is 1.98. The van der Waals surface area contributed by atoms with Gasteiger partial charge in [0.25, 0.3) is 0 Å². The van der Waals surface area contributed by atoms with E-state index >= 15 is 0 Å². The molecule has 4 heteroatoms. The molecule has 0 aliphatic carbocycles. The van der Waals surface area contributed by atoms with Crippen LogP contribution in [0.25, 0.3) is 0 Å². The van der Waals surface area contributed by atoms with Crippen LogP contribution < -0.4 is 0 Å². The lowest BCUT2D eigenvalue weighted by Gasteiger charge is -2.35. The summed E-state index contributed by atoms with van der Waals surface area (Å²) in [5.41, 5.74) is 1.25. The third-order valence-corrected chi connectivity index (χ3v) is 3.05. The van der Waals surface area contributed by atoms with Crippen LogP contribution in [-0.4, -0.2) is 43.3 Å². The van der Waals surface area contributed by atoms with E-state index in [0.717, 1.165) is 13.1 Å². The van der Waals surface area contributed by atoms with Gasteiger partial charge in [-0.2, -0.15) is 0 Å². The topological polar surface area (TPSA) is 38.8 Å². The number of benzene rings is 1. The standard InChI is InChI=1S/C14H19NO3/c1-11-8-15(9-12-6-4-3-5-7-12)10-13(18-11)14(16)17-2/h3-7,11,13H,8-10H2,1-2H3/t11-,13-/m1/s1. The fourth-order valence-electron chi connectivity index (χ4n) is 2.27. The Labute approximate surface area is 107 Å². The van der Waals surface area contributed by atoms with Gasteiger partial charge in [-0.05, 0) is 12.5 Å². The molecule has 1 aromatic rings. The molecule has 1 aromatic carbocycles. The van der Waals surface area contributed by atoms with Gasteiger partial charge in [0.05, 0.1) is 13.2 Å². The molecular weight excluding hydrogens is 230 g/mol. The Hall–Kier alpha value is -1.39. The number of carbonyl (C=O) groups excluding carboxylic acids is 1. The van der Waals surface area contributed by atoms with Crippen molar-refractivity contribution in [3.8, 4) is 0 Å². The van der Waals surface area contributed by atoms with Crippen LogP contribution >= 0.6 is 0 Å². The summed E-state index contributed by atoms with van der Waals surface area (Å²) in [4.78, 5) is 13.8. The maximum absolute atomic E-state index is 11.5. The van der Waals surface area contributed by atoms with Crippen molar-refractivity contribution in [2.45, 2.75) is 25.7 Å². The van der Waals surface area contributed by atoms with Gasteiger partial charge in [-0.1, -0.05) is 30.3 Å². The quantitative estimate of drug-likeness (QED) is 0.760. The van der Waals surface area contributed by atoms with Crippen molar-refractivity contribution in [1.82, 2.24) is 4.90 Å². The number of carbonyl (C=O) groups is 1. The van der Waals surface area contributed by atoms with Crippen molar-refractivity contribution in [2.24, 2.45) is 0 Å². The summed E-state index contributed by atoms with van der Waals surface area (Å²) in [7, 11) is 1.40. The number of morpholine rings is 1. The van der Waals surface area contributed by atoms with Crippen LogP contribution in [0.15, 0.2) is 30.3 Å². The largest absolute Gasteiger partial charge is 0.467 e. The summed E-state index contributed by atoms with van der Waals surface area (Å²) in [5.74, 6) is -0.292. The predicted molar refractivity (Wildman–Crippen MR) is 68.1 cm³/mol. The van der Waals surface area contributed by atoms with Crippen LogP contribution in [0.2, 0.25) is 0 Å². The normalized spacial score (nSPS) is 24.8. The molecule has 0 saturated carbocycles. The number of hydrogen-bond acceptors (Lipinski definition) is 4. The number of rotatable bonds is 3. The highest BCUT2D eigenvalue weighted by molar-refractivity contribution is 5.74. The maximum atomic E-state index is 11.5. The summed E-state index contributed by atoms with van der Waals surface area (Å²) >= 11 is 0. The molecule has 2 rings (SSSR count). The summed E-state index contributed by atoms with van der Waals surface area (Å²) < 4.78 is 10.3. The lowest BCUT2D eigenvalue weighted by Crippen LogP contribution is -2.49. The second kappa shape index (κ2) is 5.98. The summed E-state index contributed by atoms with van der Waals surface area (Å²) in [6, 6.07) is 10.2. The molecule has 4 nitrogen and oxygen atoms in total. The second-order valence-electron chi connectivity index (χ2n) is 4.64. The van der Waals surface area contributed by atoms with Crippen LogP contribution in [-0.2, 0) is 20.8 Å². The third kappa shape index (κ3) is 3.31. The highest BCUT2D eigenvalue weighted by Gasteiger charge is 2.30. The van der Waals surface area contributed by atoms with Gasteiger partial charge >= 0.3 is 5.97 Å². The van der Waals surface area contributed by atoms with E-state index < -0.39 is 6.10 Å². The number of esters is 1. The molecule has 1 saturated heterocycles. The first-order chi connectivity index (χ1) is 8.69. The highest BCUT2D eigenvalue weighted by atomic mass is 16.6. The van der Waals surface area contributed by atoms with Gasteiger partial charge in [0.15, 0.2) is 6.10 Å². The molecule has 0 radical (unpaired) electrons. The third-order valence-electron chi connectivity index (χ3n) is 3.05. The van der Waals surface area contributed by atoms with Gasteiger partial charge in [0.1, 0.15) is 0 Å². The van der Waals surface area contributed by atoms with E-state index in [2.05, 4.69) is 17.0 Å². The van der Waals surface area contributed by atoms with Crippen molar-refractivity contribution in [3.05, 3.63) is 35.9 Å². The average molecular weight is 249 g/mol. The SMILES string of the molecule is COC(=O)[C@H]1CN(Cc2ccccc2)C[C@@H](C)O1. The molecule has 18 heavy (non-hydrogen) atoms. The minimum Gasteiger partial charge on any atom is -0.467 e. The van der Waals surface area contributed by atoms with Crippen molar-refractivity contribution < 1.29 is 14.3 Å². The zero-order valence-corrected chi connectivity index (χ0v) is 10.8. The zero-order valence-electron chi connectivity index (χ0n) is 10.8. The van der Waals surface area contributed by atoms with E-state index in [1.807, 2.05) is 25.1 Å². The summed E-state index contributed by atoms with van der Waals surface area (Å²) in [5, 5.41) is 0. The van der Waals surface area contributed by atoms with Gasteiger partial charge in [-0.3, -0.25) is 4.90 Å². The van der Waals surface area contributed by atoms with E-state index in [1.54, 1.807) is 0 Å². The van der Waals surface area contributed by atoms with E-state index in [1.165, 1.54) is 12.7 Å². The summed E-state index contributed by atoms with van der Waals surface area (Å²) in [6.45, 7) is 4.24.